The van der Waals surface area contributed by atoms with Crippen molar-refractivity contribution in [2.24, 2.45) is 0 Å². The Kier molecular flexibility index (Phi) is 52.0. The maximum atomic E-state index is 8.65. The standard InChI is InChI=1S/C6H6O2.BrH.K.2Na.H2O3S.H2O/c7-5-1-2-6(8)4-3-5;;;;;1-4(2)3;/h1-4,7-8H;1H;;;;(H2,1,2,3);1H2/q;;3*+1;;/p-3. The van der Waals surface area contributed by atoms with E-state index in [0.29, 0.717) is 0 Å². The number of rotatable bonds is 0. The summed E-state index contributed by atoms with van der Waals surface area (Å²) in [6.07, 6.45) is 0. The molecule has 0 fully saturated rings. The zero-order valence-corrected chi connectivity index (χ0v) is 19.2. The molecule has 1 aromatic carbocycles. The Morgan fingerprint density at radius 1 is 1.00 bits per heavy atom. The topological polar surface area (TPSA) is 131 Å². The van der Waals surface area contributed by atoms with Crippen molar-refractivity contribution < 1.29 is 156 Å². The van der Waals surface area contributed by atoms with Crippen LogP contribution in [0.2, 0.25) is 0 Å². The average molecular weight is 373 g/mol. The second kappa shape index (κ2) is 24.0. The first kappa shape index (κ1) is 36.8. The number of aromatic hydroxyl groups is 2. The molecule has 0 heterocycles. The summed E-state index contributed by atoms with van der Waals surface area (Å²) >= 11 is -2.86. The number of phenols is 2. The largest absolute Gasteiger partial charge is 1.00 e. The summed E-state index contributed by atoms with van der Waals surface area (Å²) in [7, 11) is 0. The van der Waals surface area contributed by atoms with Gasteiger partial charge in [-0.15, -0.1) is 0 Å². The maximum Gasteiger partial charge on any atom is 1.00 e. The van der Waals surface area contributed by atoms with Gasteiger partial charge in [0.05, 0.1) is 11.4 Å². The molecule has 0 radical (unpaired) electrons. The van der Waals surface area contributed by atoms with Gasteiger partial charge in [0.25, 0.3) is 0 Å². The van der Waals surface area contributed by atoms with Crippen molar-refractivity contribution in [3.05, 3.63) is 24.3 Å². The van der Waals surface area contributed by atoms with Gasteiger partial charge < -0.3 is 41.8 Å². The average Bonchev–Trinajstić information content (AvgIpc) is 1.94. The van der Waals surface area contributed by atoms with Crippen LogP contribution in [0.3, 0.4) is 0 Å². The molecule has 4 N–H and O–H groups in total. The summed E-state index contributed by atoms with van der Waals surface area (Å²) in [6.45, 7) is 0. The van der Waals surface area contributed by atoms with E-state index in [1.807, 2.05) is 0 Å². The van der Waals surface area contributed by atoms with Crippen molar-refractivity contribution in [2.45, 2.75) is 0 Å². The van der Waals surface area contributed by atoms with E-state index in [1.165, 1.54) is 24.3 Å². The Labute approximate surface area is 199 Å². The minimum Gasteiger partial charge on any atom is -1.00 e. The molecule has 6 nitrogen and oxygen atoms in total. The maximum absolute atomic E-state index is 8.65. The molecule has 84 valence electrons. The van der Waals surface area contributed by atoms with E-state index < -0.39 is 11.4 Å². The molecule has 0 spiro atoms. The first-order valence-electron chi connectivity index (χ1n) is 2.78. The van der Waals surface area contributed by atoms with Gasteiger partial charge in [0.1, 0.15) is 11.5 Å². The molecule has 0 aliphatic rings. The summed E-state index contributed by atoms with van der Waals surface area (Å²) in [5.41, 5.74) is 0. The van der Waals surface area contributed by atoms with Crippen molar-refractivity contribution in [3.8, 4) is 11.5 Å². The van der Waals surface area contributed by atoms with Crippen molar-refractivity contribution in [3.63, 3.8) is 0 Å². The van der Waals surface area contributed by atoms with Gasteiger partial charge in [-0.25, -0.2) is 4.21 Å². The fourth-order valence-electron chi connectivity index (χ4n) is 0.453. The van der Waals surface area contributed by atoms with Crippen LogP contribution in [-0.4, -0.2) is 29.0 Å². The van der Waals surface area contributed by atoms with E-state index in [1.54, 1.807) is 0 Å². The predicted octanol–water partition coefficient (Wildman–Crippen LogP) is -11.7. The molecule has 1 unspecified atom stereocenters. The molecule has 0 aromatic heterocycles. The van der Waals surface area contributed by atoms with Crippen LogP contribution in [0.4, 0.5) is 0 Å². The zero-order valence-electron chi connectivity index (χ0n) is 9.70. The number of hydrogen-bond acceptors (Lipinski definition) is 5. The molecule has 0 aliphatic carbocycles. The van der Waals surface area contributed by atoms with Crippen LogP contribution in [0.5, 0.6) is 11.5 Å². The molecule has 0 amide bonds. The van der Waals surface area contributed by atoms with Crippen LogP contribution < -0.4 is 127 Å². The molecule has 11 heteroatoms. The van der Waals surface area contributed by atoms with Gasteiger partial charge in [0.15, 0.2) is 0 Å². The summed E-state index contributed by atoms with van der Waals surface area (Å²) in [4.78, 5) is 0. The van der Waals surface area contributed by atoms with Gasteiger partial charge in [-0.3, -0.25) is 0 Å². The van der Waals surface area contributed by atoms with Crippen molar-refractivity contribution in [1.29, 1.82) is 0 Å². The monoisotopic (exact) mass is 372 g/mol. The Hall–Kier alpha value is 2.97. The fourth-order valence-corrected chi connectivity index (χ4v) is 0.453. The van der Waals surface area contributed by atoms with Gasteiger partial charge in [-0.05, 0) is 24.3 Å². The minimum atomic E-state index is -2.86. The Morgan fingerprint density at radius 2 is 1.12 bits per heavy atom. The van der Waals surface area contributed by atoms with Gasteiger partial charge in [-0.1, -0.05) is 0 Å². The zero-order chi connectivity index (χ0) is 9.56. The molecule has 17 heavy (non-hydrogen) atoms. The third kappa shape index (κ3) is 32.5. The molecule has 1 rings (SSSR count). The second-order valence-electron chi connectivity index (χ2n) is 1.73. The molecular formula is C6H8BrKNa2O6S. The first-order valence-corrected chi connectivity index (χ1v) is 3.82. The van der Waals surface area contributed by atoms with Crippen LogP contribution in [-0.2, 0) is 11.4 Å². The molecule has 0 aliphatic heterocycles. The van der Waals surface area contributed by atoms with Crippen LogP contribution >= 0.6 is 0 Å². The Balaban J connectivity index is -0.0000000308. The number of halogens is 1. The number of benzene rings is 1. The van der Waals surface area contributed by atoms with Gasteiger partial charge in [-0.2, -0.15) is 0 Å². The summed E-state index contributed by atoms with van der Waals surface area (Å²) in [5.74, 6) is 0.339. The SMILES string of the molecule is O=S([O-])O.Oc1ccc(O)cc1.[Br-].[K+].[Na+].[Na+].[OH-]. The van der Waals surface area contributed by atoms with E-state index in [-0.39, 0.29) is 144 Å². The Bertz CT molecular complexity index is 240. The fraction of sp³-hybridized carbons (Fsp3) is 0. The quantitative estimate of drug-likeness (QED) is 0.235. The number of hydrogen-bond donors (Lipinski definition) is 3. The van der Waals surface area contributed by atoms with Gasteiger partial charge >= 0.3 is 110 Å². The van der Waals surface area contributed by atoms with E-state index >= 15 is 0 Å². The molecule has 1 aromatic rings. The van der Waals surface area contributed by atoms with Gasteiger partial charge in [0.2, 0.25) is 0 Å². The summed E-state index contributed by atoms with van der Waals surface area (Å²) < 4.78 is 24.1. The van der Waals surface area contributed by atoms with Crippen molar-refractivity contribution >= 4 is 11.4 Å². The third-order valence-electron chi connectivity index (χ3n) is 0.850. The first-order chi connectivity index (χ1) is 5.52. The van der Waals surface area contributed by atoms with Crippen LogP contribution in [0.25, 0.3) is 0 Å². The predicted molar refractivity (Wildman–Crippen MR) is 43.3 cm³/mol. The summed E-state index contributed by atoms with van der Waals surface area (Å²) in [6, 6.07) is 5.70. The van der Waals surface area contributed by atoms with Crippen molar-refractivity contribution in [2.75, 3.05) is 0 Å². The van der Waals surface area contributed by atoms with Crippen LogP contribution in [0, 0.1) is 0 Å². The smallest absolute Gasteiger partial charge is 1.00 e. The number of phenolic OH excluding ortho intramolecular Hbond substituents is 2. The van der Waals surface area contributed by atoms with Crippen LogP contribution in [0.15, 0.2) is 24.3 Å². The summed E-state index contributed by atoms with van der Waals surface area (Å²) in [5, 5.41) is 17.3. The second-order valence-corrected chi connectivity index (χ2v) is 2.17. The van der Waals surface area contributed by atoms with E-state index in [9.17, 15) is 0 Å². The van der Waals surface area contributed by atoms with Gasteiger partial charge in [0, 0.05) is 0 Å². The molecular weight excluding hydrogens is 365 g/mol. The normalized spacial score (nSPS) is 7.88. The molecule has 1 atom stereocenters. The molecule has 0 saturated carbocycles. The Morgan fingerprint density at radius 3 is 1.24 bits per heavy atom. The van der Waals surface area contributed by atoms with E-state index in [0.717, 1.165) is 0 Å². The van der Waals surface area contributed by atoms with E-state index in [4.69, 9.17) is 23.5 Å². The van der Waals surface area contributed by atoms with E-state index in [2.05, 4.69) is 0 Å². The molecule has 0 saturated heterocycles. The molecule has 0 bridgehead atoms. The minimum absolute atomic E-state index is 0. The third-order valence-corrected chi connectivity index (χ3v) is 0.850. The van der Waals surface area contributed by atoms with Crippen LogP contribution in [0.1, 0.15) is 0 Å². The van der Waals surface area contributed by atoms with Crippen molar-refractivity contribution in [1.82, 2.24) is 0 Å².